The second-order valence-electron chi connectivity index (χ2n) is 4.21. The summed E-state index contributed by atoms with van der Waals surface area (Å²) < 4.78 is 6.96. The number of nitrogens with two attached hydrogens (primary N) is 1. The third kappa shape index (κ3) is 2.08. The maximum absolute atomic E-state index is 8.94. The summed E-state index contributed by atoms with van der Waals surface area (Å²) in [4.78, 5) is 0. The zero-order chi connectivity index (χ0) is 12.5. The van der Waals surface area contributed by atoms with Gasteiger partial charge in [-0.15, -0.1) is 0 Å². The van der Waals surface area contributed by atoms with Crippen molar-refractivity contribution in [2.24, 2.45) is 5.73 Å². The smallest absolute Gasteiger partial charge is 0.219 e. The molecule has 0 aliphatic heterocycles. The molecule has 2 N–H and O–H groups in total. The van der Waals surface area contributed by atoms with E-state index in [2.05, 4.69) is 5.10 Å². The SMILES string of the molecule is COc1c2ccccc2nn1CC(C)(N)C#N. The summed E-state index contributed by atoms with van der Waals surface area (Å²) >= 11 is 0. The molecule has 88 valence electrons. The van der Waals surface area contributed by atoms with Crippen LogP contribution in [0.2, 0.25) is 0 Å². The van der Waals surface area contributed by atoms with Crippen molar-refractivity contribution in [3.8, 4) is 11.9 Å². The van der Waals surface area contributed by atoms with Crippen molar-refractivity contribution in [3.63, 3.8) is 0 Å². The van der Waals surface area contributed by atoms with Crippen LogP contribution in [0.4, 0.5) is 0 Å². The molecule has 0 saturated carbocycles. The zero-order valence-electron chi connectivity index (χ0n) is 9.84. The molecule has 0 amide bonds. The van der Waals surface area contributed by atoms with Gasteiger partial charge in [-0.3, -0.25) is 0 Å². The third-order valence-corrected chi connectivity index (χ3v) is 2.52. The fourth-order valence-corrected chi connectivity index (χ4v) is 1.73. The lowest BCUT2D eigenvalue weighted by Crippen LogP contribution is -2.39. The van der Waals surface area contributed by atoms with Gasteiger partial charge in [-0.05, 0) is 19.1 Å². The Balaban J connectivity index is 2.51. The van der Waals surface area contributed by atoms with Crippen LogP contribution < -0.4 is 10.5 Å². The highest BCUT2D eigenvalue weighted by Gasteiger charge is 2.22. The lowest BCUT2D eigenvalue weighted by molar-refractivity contribution is 0.343. The Bertz CT molecular complexity index is 580. The Kier molecular flexibility index (Phi) is 2.74. The summed E-state index contributed by atoms with van der Waals surface area (Å²) in [5.41, 5.74) is 5.68. The van der Waals surface area contributed by atoms with Crippen molar-refractivity contribution in [2.45, 2.75) is 19.0 Å². The van der Waals surface area contributed by atoms with Gasteiger partial charge in [0.25, 0.3) is 0 Å². The van der Waals surface area contributed by atoms with Gasteiger partial charge >= 0.3 is 0 Å². The molecule has 0 radical (unpaired) electrons. The van der Waals surface area contributed by atoms with Crippen LogP contribution in [-0.2, 0) is 6.54 Å². The molecule has 1 aromatic heterocycles. The summed E-state index contributed by atoms with van der Waals surface area (Å²) in [5.74, 6) is 0.632. The summed E-state index contributed by atoms with van der Waals surface area (Å²) in [5, 5.41) is 14.2. The molecule has 0 saturated heterocycles. The molecule has 0 aliphatic carbocycles. The second kappa shape index (κ2) is 4.07. The van der Waals surface area contributed by atoms with Gasteiger partial charge in [0.1, 0.15) is 5.54 Å². The first kappa shape index (κ1) is 11.4. The Morgan fingerprint density at radius 3 is 2.88 bits per heavy atom. The fraction of sp³-hybridized carbons (Fsp3) is 0.333. The monoisotopic (exact) mass is 230 g/mol. The molecular formula is C12H14N4O. The number of nitrogens with zero attached hydrogens (tertiary/aromatic N) is 3. The first-order valence-corrected chi connectivity index (χ1v) is 5.27. The minimum atomic E-state index is -0.963. The van der Waals surface area contributed by atoms with Gasteiger partial charge in [-0.1, -0.05) is 12.1 Å². The Morgan fingerprint density at radius 2 is 2.24 bits per heavy atom. The van der Waals surface area contributed by atoms with Crippen LogP contribution in [-0.4, -0.2) is 22.4 Å². The van der Waals surface area contributed by atoms with Crippen molar-refractivity contribution < 1.29 is 4.74 Å². The van der Waals surface area contributed by atoms with Crippen LogP contribution in [0.5, 0.6) is 5.88 Å². The normalized spacial score (nSPS) is 14.2. The van der Waals surface area contributed by atoms with E-state index in [1.165, 1.54) is 0 Å². The number of fused-ring (bicyclic) bond motifs is 1. The first-order valence-electron chi connectivity index (χ1n) is 5.27. The molecule has 1 unspecified atom stereocenters. The van der Waals surface area contributed by atoms with Gasteiger partial charge < -0.3 is 10.5 Å². The van der Waals surface area contributed by atoms with Crippen LogP contribution in [0.1, 0.15) is 6.92 Å². The quantitative estimate of drug-likeness (QED) is 0.861. The molecule has 17 heavy (non-hydrogen) atoms. The van der Waals surface area contributed by atoms with Gasteiger partial charge in [0.2, 0.25) is 5.88 Å². The molecule has 0 aliphatic rings. The molecule has 5 heteroatoms. The number of benzene rings is 1. The van der Waals surface area contributed by atoms with E-state index in [4.69, 9.17) is 15.7 Å². The van der Waals surface area contributed by atoms with Crippen LogP contribution in [0.25, 0.3) is 10.9 Å². The lowest BCUT2D eigenvalue weighted by Gasteiger charge is -2.16. The molecule has 0 bridgehead atoms. The highest BCUT2D eigenvalue weighted by Crippen LogP contribution is 2.25. The largest absolute Gasteiger partial charge is 0.481 e. The summed E-state index contributed by atoms with van der Waals surface area (Å²) in [6.07, 6.45) is 0. The molecule has 2 aromatic rings. The van der Waals surface area contributed by atoms with Crippen molar-refractivity contribution in [1.82, 2.24) is 9.78 Å². The number of methoxy groups -OCH3 is 1. The summed E-state index contributed by atoms with van der Waals surface area (Å²) in [7, 11) is 1.58. The van der Waals surface area contributed by atoms with Gasteiger partial charge in [-0.25, -0.2) is 4.68 Å². The van der Waals surface area contributed by atoms with Gasteiger partial charge in [0.05, 0.1) is 30.6 Å². The predicted molar refractivity (Wildman–Crippen MR) is 64.5 cm³/mol. The topological polar surface area (TPSA) is 76.9 Å². The number of rotatable bonds is 3. The molecule has 5 nitrogen and oxygen atoms in total. The lowest BCUT2D eigenvalue weighted by atomic mass is 10.1. The van der Waals surface area contributed by atoms with Crippen LogP contribution in [0.3, 0.4) is 0 Å². The molecule has 1 heterocycles. The van der Waals surface area contributed by atoms with E-state index in [9.17, 15) is 0 Å². The minimum absolute atomic E-state index is 0.293. The zero-order valence-corrected chi connectivity index (χ0v) is 9.84. The van der Waals surface area contributed by atoms with Crippen LogP contribution in [0, 0.1) is 11.3 Å². The molecule has 1 atom stereocenters. The van der Waals surface area contributed by atoms with Crippen LogP contribution >= 0.6 is 0 Å². The number of aromatic nitrogens is 2. The fourth-order valence-electron chi connectivity index (χ4n) is 1.73. The minimum Gasteiger partial charge on any atom is -0.481 e. The standard InChI is InChI=1S/C12H14N4O/c1-12(14,7-13)8-16-11(17-2)9-5-3-4-6-10(9)15-16/h3-6H,8,14H2,1-2H3. The van der Waals surface area contributed by atoms with E-state index in [0.717, 1.165) is 10.9 Å². The second-order valence-corrected chi connectivity index (χ2v) is 4.21. The average molecular weight is 230 g/mol. The van der Waals surface area contributed by atoms with E-state index in [0.29, 0.717) is 12.4 Å². The highest BCUT2D eigenvalue weighted by molar-refractivity contribution is 5.84. The first-order chi connectivity index (χ1) is 8.07. The van der Waals surface area contributed by atoms with E-state index < -0.39 is 5.54 Å². The molecule has 0 spiro atoms. The highest BCUT2D eigenvalue weighted by atomic mass is 16.5. The molecular weight excluding hydrogens is 216 g/mol. The maximum atomic E-state index is 8.94. The number of nitriles is 1. The van der Waals surface area contributed by atoms with E-state index in [1.807, 2.05) is 30.3 Å². The van der Waals surface area contributed by atoms with Crippen molar-refractivity contribution in [1.29, 1.82) is 5.26 Å². The van der Waals surface area contributed by atoms with Gasteiger partial charge in [0.15, 0.2) is 0 Å². The molecule has 2 rings (SSSR count). The number of ether oxygens (including phenoxy) is 1. The predicted octanol–water partition coefficient (Wildman–Crippen LogP) is 1.29. The third-order valence-electron chi connectivity index (χ3n) is 2.52. The van der Waals surface area contributed by atoms with Gasteiger partial charge in [0, 0.05) is 0 Å². The van der Waals surface area contributed by atoms with E-state index >= 15 is 0 Å². The van der Waals surface area contributed by atoms with E-state index in [1.54, 1.807) is 18.7 Å². The average Bonchev–Trinajstić information content (AvgIpc) is 2.65. The molecule has 1 aromatic carbocycles. The Morgan fingerprint density at radius 1 is 1.53 bits per heavy atom. The number of hydrogen-bond donors (Lipinski definition) is 1. The summed E-state index contributed by atoms with van der Waals surface area (Å²) in [6.45, 7) is 1.96. The van der Waals surface area contributed by atoms with Gasteiger partial charge in [-0.2, -0.15) is 10.4 Å². The molecule has 0 fully saturated rings. The van der Waals surface area contributed by atoms with Crippen molar-refractivity contribution >= 4 is 10.9 Å². The Labute approximate surface area is 99.4 Å². The number of hydrogen-bond acceptors (Lipinski definition) is 4. The summed E-state index contributed by atoms with van der Waals surface area (Å²) in [6, 6.07) is 9.70. The maximum Gasteiger partial charge on any atom is 0.219 e. The Hall–Kier alpha value is -2.06. The van der Waals surface area contributed by atoms with Crippen LogP contribution in [0.15, 0.2) is 24.3 Å². The van der Waals surface area contributed by atoms with Crippen molar-refractivity contribution in [2.75, 3.05) is 7.11 Å². The van der Waals surface area contributed by atoms with E-state index in [-0.39, 0.29) is 0 Å². The van der Waals surface area contributed by atoms with Crippen molar-refractivity contribution in [3.05, 3.63) is 24.3 Å².